The molecule has 1 aromatic rings. The van der Waals surface area contributed by atoms with Crippen molar-refractivity contribution in [3.63, 3.8) is 0 Å². The van der Waals surface area contributed by atoms with Crippen LogP contribution in [0.1, 0.15) is 41.6 Å². The summed E-state index contributed by atoms with van der Waals surface area (Å²) in [7, 11) is 0. The van der Waals surface area contributed by atoms with Crippen LogP contribution in [0.2, 0.25) is 0 Å². The van der Waals surface area contributed by atoms with Gasteiger partial charge in [-0.25, -0.2) is 4.98 Å². The third kappa shape index (κ3) is 2.37. The standard InChI is InChI=1S/C11H16N2OS/c1-7-3-4-9(5-7)13-11(14)10-8(2)12-6-15-10/h6-7,9H,3-5H2,1-2H3,(H,13,14). The molecule has 0 radical (unpaired) electrons. The first-order valence-corrected chi connectivity index (χ1v) is 6.25. The molecule has 0 spiro atoms. The van der Waals surface area contributed by atoms with Crippen molar-refractivity contribution in [1.82, 2.24) is 10.3 Å². The first-order valence-electron chi connectivity index (χ1n) is 5.37. The van der Waals surface area contributed by atoms with Gasteiger partial charge in [0.1, 0.15) is 4.88 Å². The molecule has 0 bridgehead atoms. The molecule has 1 heterocycles. The van der Waals surface area contributed by atoms with E-state index >= 15 is 0 Å². The number of amides is 1. The predicted octanol–water partition coefficient (Wildman–Crippen LogP) is 2.37. The highest BCUT2D eigenvalue weighted by molar-refractivity contribution is 7.11. The van der Waals surface area contributed by atoms with E-state index in [1.807, 2.05) is 6.92 Å². The molecule has 3 nitrogen and oxygen atoms in total. The summed E-state index contributed by atoms with van der Waals surface area (Å²) in [4.78, 5) is 16.7. The lowest BCUT2D eigenvalue weighted by molar-refractivity contribution is 0.0940. The fourth-order valence-electron chi connectivity index (χ4n) is 2.11. The summed E-state index contributed by atoms with van der Waals surface area (Å²) in [5.41, 5.74) is 2.56. The van der Waals surface area contributed by atoms with Crippen LogP contribution in [-0.2, 0) is 0 Å². The molecule has 0 saturated heterocycles. The minimum absolute atomic E-state index is 0.0501. The summed E-state index contributed by atoms with van der Waals surface area (Å²) in [5, 5.41) is 3.08. The van der Waals surface area contributed by atoms with Crippen molar-refractivity contribution < 1.29 is 4.79 Å². The average molecular weight is 224 g/mol. The summed E-state index contributed by atoms with van der Waals surface area (Å²) in [6.45, 7) is 4.12. The van der Waals surface area contributed by atoms with E-state index in [4.69, 9.17) is 0 Å². The van der Waals surface area contributed by atoms with Crippen LogP contribution < -0.4 is 5.32 Å². The molecule has 1 amide bonds. The summed E-state index contributed by atoms with van der Waals surface area (Å²) < 4.78 is 0. The molecule has 2 rings (SSSR count). The maximum Gasteiger partial charge on any atom is 0.263 e. The van der Waals surface area contributed by atoms with Crippen LogP contribution in [0, 0.1) is 12.8 Å². The minimum atomic E-state index is 0.0501. The zero-order valence-corrected chi connectivity index (χ0v) is 9.93. The van der Waals surface area contributed by atoms with E-state index in [0.29, 0.717) is 6.04 Å². The van der Waals surface area contributed by atoms with Gasteiger partial charge >= 0.3 is 0 Å². The topological polar surface area (TPSA) is 42.0 Å². The number of aromatic nitrogens is 1. The quantitative estimate of drug-likeness (QED) is 0.838. The Kier molecular flexibility index (Phi) is 3.05. The second kappa shape index (κ2) is 4.31. The number of thiazole rings is 1. The van der Waals surface area contributed by atoms with Crippen molar-refractivity contribution in [3.05, 3.63) is 16.1 Å². The van der Waals surface area contributed by atoms with Crippen molar-refractivity contribution in [2.24, 2.45) is 5.92 Å². The Balaban J connectivity index is 1.96. The Morgan fingerprint density at radius 1 is 1.60 bits per heavy atom. The SMILES string of the molecule is Cc1ncsc1C(=O)NC1CCC(C)C1. The number of carbonyl (C=O) groups is 1. The Morgan fingerprint density at radius 2 is 2.40 bits per heavy atom. The van der Waals surface area contributed by atoms with Crippen LogP contribution in [0.3, 0.4) is 0 Å². The monoisotopic (exact) mass is 224 g/mol. The van der Waals surface area contributed by atoms with Gasteiger partial charge in [0.05, 0.1) is 11.2 Å². The molecule has 0 aromatic carbocycles. The van der Waals surface area contributed by atoms with Crippen molar-refractivity contribution in [3.8, 4) is 0 Å². The van der Waals surface area contributed by atoms with E-state index in [1.54, 1.807) is 5.51 Å². The summed E-state index contributed by atoms with van der Waals surface area (Å²) >= 11 is 1.42. The fourth-order valence-corrected chi connectivity index (χ4v) is 2.81. The Bertz CT molecular complexity index is 361. The molecule has 1 aliphatic rings. The van der Waals surface area contributed by atoms with Gasteiger partial charge in [0, 0.05) is 6.04 Å². The maximum atomic E-state index is 11.8. The molecule has 1 aliphatic carbocycles. The van der Waals surface area contributed by atoms with E-state index in [-0.39, 0.29) is 5.91 Å². The second-order valence-electron chi connectivity index (χ2n) is 4.36. The first kappa shape index (κ1) is 10.6. The van der Waals surface area contributed by atoms with Crippen molar-refractivity contribution in [2.45, 2.75) is 39.2 Å². The highest BCUT2D eigenvalue weighted by atomic mass is 32.1. The average Bonchev–Trinajstić information content (AvgIpc) is 2.75. The third-order valence-corrected chi connectivity index (χ3v) is 3.91. The highest BCUT2D eigenvalue weighted by Crippen LogP contribution is 2.25. The molecule has 2 atom stereocenters. The van der Waals surface area contributed by atoms with Crippen LogP contribution in [0.15, 0.2) is 5.51 Å². The molecule has 15 heavy (non-hydrogen) atoms. The smallest absolute Gasteiger partial charge is 0.263 e. The number of nitrogens with zero attached hydrogens (tertiary/aromatic N) is 1. The van der Waals surface area contributed by atoms with Gasteiger partial charge in [-0.3, -0.25) is 4.79 Å². The van der Waals surface area contributed by atoms with Gasteiger partial charge in [0.25, 0.3) is 5.91 Å². The zero-order chi connectivity index (χ0) is 10.8. The summed E-state index contributed by atoms with van der Waals surface area (Å²) in [6, 6.07) is 0.369. The Morgan fingerprint density at radius 3 is 2.93 bits per heavy atom. The zero-order valence-electron chi connectivity index (χ0n) is 9.12. The summed E-state index contributed by atoms with van der Waals surface area (Å²) in [5.74, 6) is 0.798. The van der Waals surface area contributed by atoms with E-state index < -0.39 is 0 Å². The lowest BCUT2D eigenvalue weighted by Crippen LogP contribution is -2.32. The van der Waals surface area contributed by atoms with Crippen molar-refractivity contribution in [2.75, 3.05) is 0 Å². The molecule has 82 valence electrons. The Labute approximate surface area is 93.9 Å². The molecule has 1 N–H and O–H groups in total. The molecule has 1 saturated carbocycles. The van der Waals surface area contributed by atoms with E-state index in [2.05, 4.69) is 17.2 Å². The fraction of sp³-hybridized carbons (Fsp3) is 0.636. The summed E-state index contributed by atoms with van der Waals surface area (Å²) in [6.07, 6.45) is 3.46. The Hall–Kier alpha value is -0.900. The van der Waals surface area contributed by atoms with Crippen LogP contribution in [0.4, 0.5) is 0 Å². The molecular formula is C11H16N2OS. The number of rotatable bonds is 2. The molecule has 0 aliphatic heterocycles. The first-order chi connectivity index (χ1) is 7.16. The van der Waals surface area contributed by atoms with Crippen LogP contribution in [0.5, 0.6) is 0 Å². The van der Waals surface area contributed by atoms with Gasteiger partial charge < -0.3 is 5.32 Å². The van der Waals surface area contributed by atoms with Gasteiger partial charge in [0.2, 0.25) is 0 Å². The van der Waals surface area contributed by atoms with Crippen LogP contribution in [-0.4, -0.2) is 16.9 Å². The normalized spacial score (nSPS) is 25.5. The van der Waals surface area contributed by atoms with Crippen LogP contribution in [0.25, 0.3) is 0 Å². The number of aryl methyl sites for hydroxylation is 1. The molecular weight excluding hydrogens is 208 g/mol. The number of carbonyl (C=O) groups excluding carboxylic acids is 1. The lowest BCUT2D eigenvalue weighted by Gasteiger charge is -2.11. The third-order valence-electron chi connectivity index (χ3n) is 2.98. The van der Waals surface area contributed by atoms with Gasteiger partial charge in [0.15, 0.2) is 0 Å². The van der Waals surface area contributed by atoms with Gasteiger partial charge in [-0.1, -0.05) is 6.92 Å². The number of hydrogen-bond donors (Lipinski definition) is 1. The van der Waals surface area contributed by atoms with Crippen molar-refractivity contribution >= 4 is 17.2 Å². The number of hydrogen-bond acceptors (Lipinski definition) is 3. The van der Waals surface area contributed by atoms with Crippen LogP contribution >= 0.6 is 11.3 Å². The lowest BCUT2D eigenvalue weighted by atomic mass is 10.1. The molecule has 4 heteroatoms. The van der Waals surface area contributed by atoms with E-state index in [9.17, 15) is 4.79 Å². The molecule has 1 fully saturated rings. The number of nitrogens with one attached hydrogen (secondary N) is 1. The van der Waals surface area contributed by atoms with Gasteiger partial charge in [-0.05, 0) is 32.1 Å². The largest absolute Gasteiger partial charge is 0.349 e. The second-order valence-corrected chi connectivity index (χ2v) is 5.21. The van der Waals surface area contributed by atoms with E-state index in [1.165, 1.54) is 17.8 Å². The molecule has 2 unspecified atom stereocenters. The van der Waals surface area contributed by atoms with Gasteiger partial charge in [-0.2, -0.15) is 0 Å². The van der Waals surface area contributed by atoms with Crippen molar-refractivity contribution in [1.29, 1.82) is 0 Å². The maximum absolute atomic E-state index is 11.8. The molecule has 1 aromatic heterocycles. The van der Waals surface area contributed by atoms with E-state index in [0.717, 1.165) is 29.3 Å². The minimum Gasteiger partial charge on any atom is -0.349 e. The van der Waals surface area contributed by atoms with Gasteiger partial charge in [-0.15, -0.1) is 11.3 Å². The predicted molar refractivity (Wildman–Crippen MR) is 61.1 cm³/mol. The highest BCUT2D eigenvalue weighted by Gasteiger charge is 2.24.